The number of hydrogen-bond donors (Lipinski definition) is 0. The smallest absolute Gasteiger partial charge is 0.0629 e. The Morgan fingerprint density at radius 3 is 1.85 bits per heavy atom. The van der Waals surface area contributed by atoms with Gasteiger partial charge >= 0.3 is 0 Å². The fourth-order valence-electron chi connectivity index (χ4n) is 7.84. The molecule has 1 heterocycles. The Balaban J connectivity index is 1.21. The second kappa shape index (κ2) is 13.4. The minimum absolute atomic E-state index is 0.175. The number of fused-ring (bicyclic) bond motifs is 4. The van der Waals surface area contributed by atoms with Gasteiger partial charge in [-0.15, -0.1) is 0 Å². The van der Waals surface area contributed by atoms with Crippen LogP contribution in [0.5, 0.6) is 0 Å². The molecular formula is C52H36N2. The third-order valence-electron chi connectivity index (χ3n) is 10.3. The van der Waals surface area contributed by atoms with Crippen molar-refractivity contribution in [1.82, 2.24) is 4.57 Å². The standard InChI is InChI=1S/C52H36N2/c1-3-16-37(17-4-1)39-30-33-42(34-31-39)53(48-26-12-9-22-44(48)40-19-5-2-6-20-40)49-27-13-10-23-45(49)46-25-15-29-51-52(46)47-24-11-14-28-50(47)54(51)43-35-32-38-18-7-8-21-41(38)36-43/h1-36H/i1D,3D,4D,16D,17D. The summed E-state index contributed by atoms with van der Waals surface area (Å²) in [6, 6.07) is 63.6. The number of para-hydroxylation sites is 3. The molecule has 0 atom stereocenters. The van der Waals surface area contributed by atoms with E-state index >= 15 is 0 Å². The van der Waals surface area contributed by atoms with Crippen molar-refractivity contribution in [2.45, 2.75) is 0 Å². The third-order valence-corrected chi connectivity index (χ3v) is 10.3. The molecule has 0 amide bonds. The summed E-state index contributed by atoms with van der Waals surface area (Å²) in [5.41, 5.74) is 11.1. The van der Waals surface area contributed by atoms with Gasteiger partial charge in [-0.2, -0.15) is 0 Å². The molecule has 9 aromatic carbocycles. The van der Waals surface area contributed by atoms with Gasteiger partial charge in [-0.1, -0.05) is 170 Å². The van der Waals surface area contributed by atoms with Crippen LogP contribution in [0.4, 0.5) is 17.1 Å². The molecule has 0 spiro atoms. The Kier molecular flexibility index (Phi) is 6.61. The zero-order valence-corrected chi connectivity index (χ0v) is 29.3. The monoisotopic (exact) mass is 693 g/mol. The van der Waals surface area contributed by atoms with Gasteiger partial charge in [0.15, 0.2) is 0 Å². The van der Waals surface area contributed by atoms with E-state index < -0.39 is 6.04 Å². The van der Waals surface area contributed by atoms with E-state index in [4.69, 9.17) is 6.85 Å². The number of hydrogen-bond acceptors (Lipinski definition) is 1. The maximum absolute atomic E-state index is 8.66. The summed E-state index contributed by atoms with van der Waals surface area (Å²) in [4.78, 5) is 2.27. The number of aromatic nitrogens is 1. The largest absolute Gasteiger partial charge is 0.309 e. The van der Waals surface area contributed by atoms with E-state index in [9.17, 15) is 0 Å². The van der Waals surface area contributed by atoms with Gasteiger partial charge in [-0.25, -0.2) is 0 Å². The summed E-state index contributed by atoms with van der Waals surface area (Å²) in [6.45, 7) is 0. The molecule has 1 aromatic heterocycles. The Morgan fingerprint density at radius 1 is 0.407 bits per heavy atom. The van der Waals surface area contributed by atoms with Gasteiger partial charge < -0.3 is 9.47 Å². The number of anilines is 3. The molecule has 10 rings (SSSR count). The van der Waals surface area contributed by atoms with Crippen LogP contribution in [-0.2, 0) is 0 Å². The molecule has 54 heavy (non-hydrogen) atoms. The van der Waals surface area contributed by atoms with Crippen molar-refractivity contribution in [2.24, 2.45) is 0 Å². The van der Waals surface area contributed by atoms with Gasteiger partial charge in [0.2, 0.25) is 0 Å². The van der Waals surface area contributed by atoms with Crippen molar-refractivity contribution in [2.75, 3.05) is 4.90 Å². The molecule has 0 bridgehead atoms. The summed E-state index contributed by atoms with van der Waals surface area (Å²) in [6.07, 6.45) is 0. The van der Waals surface area contributed by atoms with E-state index in [0.717, 1.165) is 66.8 Å². The minimum Gasteiger partial charge on any atom is -0.309 e. The minimum atomic E-state index is -0.406. The van der Waals surface area contributed by atoms with Gasteiger partial charge in [-0.05, 0) is 81.6 Å². The van der Waals surface area contributed by atoms with Gasteiger partial charge in [-0.3, -0.25) is 0 Å². The number of benzene rings is 9. The first-order chi connectivity index (χ1) is 28.9. The lowest BCUT2D eigenvalue weighted by atomic mass is 9.95. The normalized spacial score (nSPS) is 12.6. The fraction of sp³-hybridized carbons (Fsp3) is 0. The van der Waals surface area contributed by atoms with E-state index in [1.807, 2.05) is 42.5 Å². The second-order valence-corrected chi connectivity index (χ2v) is 13.4. The van der Waals surface area contributed by atoms with Crippen LogP contribution in [0.15, 0.2) is 218 Å². The van der Waals surface area contributed by atoms with Crippen LogP contribution in [0.25, 0.3) is 71.6 Å². The lowest BCUT2D eigenvalue weighted by molar-refractivity contribution is 1.19. The Morgan fingerprint density at radius 2 is 1.04 bits per heavy atom. The molecule has 10 aromatic rings. The second-order valence-electron chi connectivity index (χ2n) is 13.4. The molecule has 0 unspecified atom stereocenters. The van der Waals surface area contributed by atoms with E-state index in [-0.39, 0.29) is 29.7 Å². The topological polar surface area (TPSA) is 8.17 Å². The van der Waals surface area contributed by atoms with Crippen molar-refractivity contribution in [3.63, 3.8) is 0 Å². The van der Waals surface area contributed by atoms with Gasteiger partial charge in [0, 0.05) is 33.3 Å². The van der Waals surface area contributed by atoms with E-state index in [1.165, 1.54) is 10.8 Å². The number of rotatable bonds is 7. The quantitative estimate of drug-likeness (QED) is 0.161. The Hall–Kier alpha value is -7.16. The van der Waals surface area contributed by atoms with Crippen molar-refractivity contribution < 1.29 is 6.85 Å². The van der Waals surface area contributed by atoms with Crippen molar-refractivity contribution >= 4 is 49.6 Å². The van der Waals surface area contributed by atoms with E-state index in [2.05, 4.69) is 155 Å². The SMILES string of the molecule is [2H]c1c([2H])c([2H])c(-c2ccc(N(c3ccccc3-c3ccccc3)c3ccccc3-c3cccc4c3c3ccccc3n4-c3ccc4ccccc4c3)cc2)c([2H])c1[2H]. The average molecular weight is 694 g/mol. The predicted molar refractivity (Wildman–Crippen MR) is 229 cm³/mol. The molecule has 2 heteroatoms. The highest BCUT2D eigenvalue weighted by atomic mass is 15.1. The van der Waals surface area contributed by atoms with Crippen LogP contribution < -0.4 is 4.90 Å². The van der Waals surface area contributed by atoms with Crippen molar-refractivity contribution in [1.29, 1.82) is 0 Å². The molecule has 2 nitrogen and oxygen atoms in total. The third kappa shape index (κ3) is 5.44. The summed E-state index contributed by atoms with van der Waals surface area (Å²) < 4.78 is 44.4. The van der Waals surface area contributed by atoms with Crippen LogP contribution in [-0.4, -0.2) is 4.57 Å². The van der Waals surface area contributed by atoms with E-state index in [0.29, 0.717) is 5.56 Å². The molecule has 0 fully saturated rings. The van der Waals surface area contributed by atoms with Crippen LogP contribution in [0.2, 0.25) is 0 Å². The first-order valence-electron chi connectivity index (χ1n) is 20.6. The first kappa shape index (κ1) is 26.6. The maximum atomic E-state index is 8.66. The van der Waals surface area contributed by atoms with E-state index in [1.54, 1.807) is 0 Å². The average Bonchev–Trinajstić information content (AvgIpc) is 3.63. The predicted octanol–water partition coefficient (Wildman–Crippen LogP) is 14.4. The zero-order chi connectivity index (χ0) is 40.2. The molecule has 0 radical (unpaired) electrons. The molecule has 0 saturated carbocycles. The van der Waals surface area contributed by atoms with Crippen molar-refractivity contribution in [3.8, 4) is 39.1 Å². The summed E-state index contributed by atoms with van der Waals surface area (Å²) in [5.74, 6) is 0. The summed E-state index contributed by atoms with van der Waals surface area (Å²) in [5, 5.41) is 4.68. The van der Waals surface area contributed by atoms with Crippen molar-refractivity contribution in [3.05, 3.63) is 218 Å². The number of nitrogens with zero attached hydrogens (tertiary/aromatic N) is 2. The lowest BCUT2D eigenvalue weighted by Crippen LogP contribution is -2.12. The molecule has 0 saturated heterocycles. The molecule has 0 aliphatic carbocycles. The molecule has 254 valence electrons. The molecule has 0 N–H and O–H groups in total. The van der Waals surface area contributed by atoms with Gasteiger partial charge in [0.05, 0.1) is 29.3 Å². The van der Waals surface area contributed by atoms with Crippen LogP contribution >= 0.6 is 0 Å². The Labute approximate surface area is 322 Å². The zero-order valence-electron chi connectivity index (χ0n) is 34.3. The highest BCUT2D eigenvalue weighted by Gasteiger charge is 2.23. The fourth-order valence-corrected chi connectivity index (χ4v) is 7.84. The van der Waals surface area contributed by atoms with Crippen LogP contribution in [0.1, 0.15) is 6.85 Å². The highest BCUT2D eigenvalue weighted by molar-refractivity contribution is 6.17. The molecular weight excluding hydrogens is 653 g/mol. The highest BCUT2D eigenvalue weighted by Crippen LogP contribution is 2.47. The lowest BCUT2D eigenvalue weighted by Gasteiger charge is -2.30. The van der Waals surface area contributed by atoms with Crippen LogP contribution in [0, 0.1) is 0 Å². The van der Waals surface area contributed by atoms with Gasteiger partial charge in [0.1, 0.15) is 0 Å². The van der Waals surface area contributed by atoms with Gasteiger partial charge in [0.25, 0.3) is 0 Å². The summed E-state index contributed by atoms with van der Waals surface area (Å²) in [7, 11) is 0. The maximum Gasteiger partial charge on any atom is 0.0629 e. The molecule has 0 aliphatic rings. The van der Waals surface area contributed by atoms with Crippen LogP contribution in [0.3, 0.4) is 0 Å². The summed E-state index contributed by atoms with van der Waals surface area (Å²) >= 11 is 0. The molecule has 0 aliphatic heterocycles. The Bertz CT molecular complexity index is 3200. The first-order valence-corrected chi connectivity index (χ1v) is 18.1.